The van der Waals surface area contributed by atoms with Gasteiger partial charge in [-0.1, -0.05) is 0 Å². The van der Waals surface area contributed by atoms with Gasteiger partial charge in [0.05, 0.1) is 21.9 Å². The van der Waals surface area contributed by atoms with Crippen LogP contribution < -0.4 is 14.8 Å². The fraction of sp³-hybridized carbons (Fsp3) is 0.389. The molecule has 1 fully saturated rings. The van der Waals surface area contributed by atoms with E-state index in [4.69, 9.17) is 9.47 Å². The van der Waals surface area contributed by atoms with Crippen LogP contribution in [0.25, 0.3) is 10.4 Å². The first-order valence-electron chi connectivity index (χ1n) is 8.36. The molecule has 3 heterocycles. The summed E-state index contributed by atoms with van der Waals surface area (Å²) in [6, 6.07) is 9.37. The van der Waals surface area contributed by atoms with Gasteiger partial charge in [0.15, 0.2) is 21.3 Å². The number of amides is 1. The van der Waals surface area contributed by atoms with Gasteiger partial charge in [0, 0.05) is 4.88 Å². The summed E-state index contributed by atoms with van der Waals surface area (Å²) >= 11 is 1.37. The van der Waals surface area contributed by atoms with E-state index in [-0.39, 0.29) is 17.4 Å². The zero-order valence-electron chi connectivity index (χ0n) is 14.3. The van der Waals surface area contributed by atoms with Gasteiger partial charge in [-0.25, -0.2) is 8.42 Å². The first-order valence-corrected chi connectivity index (χ1v) is 11.0. The topological polar surface area (TPSA) is 81.7 Å². The molecule has 1 aromatic heterocycles. The summed E-state index contributed by atoms with van der Waals surface area (Å²) in [6.07, 6.45) is 0.446. The van der Waals surface area contributed by atoms with Gasteiger partial charge in [0.2, 0.25) is 0 Å². The van der Waals surface area contributed by atoms with E-state index >= 15 is 0 Å². The highest BCUT2D eigenvalue weighted by molar-refractivity contribution is 7.91. The number of rotatable bonds is 3. The maximum atomic E-state index is 12.6. The van der Waals surface area contributed by atoms with Gasteiger partial charge in [-0.3, -0.25) is 4.79 Å². The molecule has 8 heteroatoms. The van der Waals surface area contributed by atoms with Crippen molar-refractivity contribution in [3.63, 3.8) is 0 Å². The highest BCUT2D eigenvalue weighted by Crippen LogP contribution is 2.37. The lowest BCUT2D eigenvalue weighted by molar-refractivity contribution is 0.0919. The number of sulfone groups is 1. The Kier molecular flexibility index (Phi) is 4.19. The molecule has 26 heavy (non-hydrogen) atoms. The number of benzene rings is 1. The van der Waals surface area contributed by atoms with E-state index in [1.54, 1.807) is 13.0 Å². The van der Waals surface area contributed by atoms with Gasteiger partial charge in [-0.05, 0) is 49.2 Å². The predicted molar refractivity (Wildman–Crippen MR) is 99.9 cm³/mol. The first kappa shape index (κ1) is 17.4. The number of hydrogen-bond donors (Lipinski definition) is 1. The zero-order valence-corrected chi connectivity index (χ0v) is 15.9. The van der Waals surface area contributed by atoms with E-state index in [1.165, 1.54) is 11.3 Å². The third-order valence-corrected chi connectivity index (χ3v) is 7.61. The molecule has 1 N–H and O–H groups in total. The van der Waals surface area contributed by atoms with Crippen molar-refractivity contribution in [1.82, 2.24) is 5.32 Å². The molecular weight excluding hydrogens is 374 g/mol. The summed E-state index contributed by atoms with van der Waals surface area (Å²) in [4.78, 5) is 14.1. The lowest BCUT2D eigenvalue weighted by Gasteiger charge is -2.23. The van der Waals surface area contributed by atoms with Crippen LogP contribution in [0.2, 0.25) is 0 Å². The number of hydrogen-bond acceptors (Lipinski definition) is 6. The van der Waals surface area contributed by atoms with Crippen molar-refractivity contribution >= 4 is 27.1 Å². The first-order chi connectivity index (χ1) is 12.3. The highest BCUT2D eigenvalue weighted by atomic mass is 32.2. The Hall–Kier alpha value is -2.06. The minimum absolute atomic E-state index is 0.00780. The normalized spacial score (nSPS) is 23.6. The molecule has 2 aliphatic heterocycles. The third kappa shape index (κ3) is 3.43. The Balaban J connectivity index is 1.52. The summed E-state index contributed by atoms with van der Waals surface area (Å²) in [5.74, 6) is 1.31. The van der Waals surface area contributed by atoms with Crippen molar-refractivity contribution < 1.29 is 22.7 Å². The van der Waals surface area contributed by atoms with Crippen molar-refractivity contribution in [3.8, 4) is 21.9 Å². The standard InChI is InChI=1S/C18H19NO5S2/c1-18(6-9-26(21,22)11-18)19-17(20)16-5-4-15(25-16)12-2-3-13-14(10-12)24-8-7-23-13/h2-5,10H,6-9,11H2,1H3,(H,19,20). The molecule has 1 atom stereocenters. The molecule has 4 rings (SSSR count). The summed E-state index contributed by atoms with van der Waals surface area (Å²) in [5.41, 5.74) is 0.254. The monoisotopic (exact) mass is 393 g/mol. The van der Waals surface area contributed by atoms with Crippen molar-refractivity contribution in [3.05, 3.63) is 35.2 Å². The fourth-order valence-electron chi connectivity index (χ4n) is 3.26. The van der Waals surface area contributed by atoms with E-state index in [1.807, 2.05) is 24.3 Å². The number of fused-ring (bicyclic) bond motifs is 1. The molecule has 0 radical (unpaired) electrons. The number of nitrogens with one attached hydrogen (secondary N) is 1. The summed E-state index contributed by atoms with van der Waals surface area (Å²) < 4.78 is 34.5. The fourth-order valence-corrected chi connectivity index (χ4v) is 6.25. The maximum Gasteiger partial charge on any atom is 0.261 e. The molecule has 1 unspecified atom stereocenters. The van der Waals surface area contributed by atoms with Crippen LogP contribution >= 0.6 is 11.3 Å². The number of thiophene rings is 1. The number of ether oxygens (including phenoxy) is 2. The summed E-state index contributed by atoms with van der Waals surface area (Å²) in [7, 11) is -3.07. The van der Waals surface area contributed by atoms with E-state index in [9.17, 15) is 13.2 Å². The summed E-state index contributed by atoms with van der Waals surface area (Å²) in [5, 5.41) is 2.89. The third-order valence-electron chi connectivity index (χ3n) is 4.58. The van der Waals surface area contributed by atoms with Crippen molar-refractivity contribution in [1.29, 1.82) is 0 Å². The van der Waals surface area contributed by atoms with Gasteiger partial charge in [0.1, 0.15) is 13.2 Å². The average Bonchev–Trinajstić information content (AvgIpc) is 3.19. The lowest BCUT2D eigenvalue weighted by Crippen LogP contribution is -2.46. The second kappa shape index (κ2) is 6.28. The van der Waals surface area contributed by atoms with Crippen LogP contribution in [0.3, 0.4) is 0 Å². The van der Waals surface area contributed by atoms with Crippen LogP contribution in [0.15, 0.2) is 30.3 Å². The van der Waals surface area contributed by atoms with E-state index in [0.717, 1.165) is 16.2 Å². The van der Waals surface area contributed by atoms with E-state index < -0.39 is 15.4 Å². The van der Waals surface area contributed by atoms with Crippen LogP contribution in [0.1, 0.15) is 23.0 Å². The van der Waals surface area contributed by atoms with Gasteiger partial charge >= 0.3 is 0 Å². The Bertz CT molecular complexity index is 966. The zero-order chi connectivity index (χ0) is 18.4. The molecule has 1 amide bonds. The molecular formula is C18H19NO5S2. The second-order valence-corrected chi connectivity index (χ2v) is 10.1. The van der Waals surface area contributed by atoms with Gasteiger partial charge in [-0.15, -0.1) is 11.3 Å². The van der Waals surface area contributed by atoms with Gasteiger partial charge < -0.3 is 14.8 Å². The molecule has 0 aliphatic carbocycles. The molecule has 138 valence electrons. The minimum Gasteiger partial charge on any atom is -0.486 e. The van der Waals surface area contributed by atoms with Crippen LogP contribution in [0.5, 0.6) is 11.5 Å². The smallest absolute Gasteiger partial charge is 0.261 e. The Morgan fingerprint density at radius 3 is 2.65 bits per heavy atom. The number of carbonyl (C=O) groups excluding carboxylic acids is 1. The molecule has 2 aromatic rings. The molecule has 6 nitrogen and oxygen atoms in total. The number of carbonyl (C=O) groups is 1. The Labute approximate surface area is 156 Å². The van der Waals surface area contributed by atoms with Gasteiger partial charge in [0.25, 0.3) is 5.91 Å². The largest absolute Gasteiger partial charge is 0.486 e. The highest BCUT2D eigenvalue weighted by Gasteiger charge is 2.39. The maximum absolute atomic E-state index is 12.6. The second-order valence-electron chi connectivity index (χ2n) is 6.88. The average molecular weight is 393 g/mol. The SMILES string of the molecule is CC1(NC(=O)c2ccc(-c3ccc4c(c3)OCCO4)s2)CCS(=O)(=O)C1. The molecule has 0 saturated carbocycles. The molecule has 1 aromatic carbocycles. The Morgan fingerprint density at radius 2 is 1.92 bits per heavy atom. The molecule has 2 aliphatic rings. The van der Waals surface area contributed by atoms with Crippen LogP contribution in [-0.2, 0) is 9.84 Å². The Morgan fingerprint density at radius 1 is 1.15 bits per heavy atom. The van der Waals surface area contributed by atoms with Crippen molar-refractivity contribution in [2.45, 2.75) is 18.9 Å². The van der Waals surface area contributed by atoms with Crippen molar-refractivity contribution in [2.24, 2.45) is 0 Å². The summed E-state index contributed by atoms with van der Waals surface area (Å²) in [6.45, 7) is 2.85. The lowest BCUT2D eigenvalue weighted by atomic mass is 10.0. The molecule has 1 saturated heterocycles. The van der Waals surface area contributed by atoms with Crippen LogP contribution in [-0.4, -0.2) is 44.6 Å². The van der Waals surface area contributed by atoms with Crippen molar-refractivity contribution in [2.75, 3.05) is 24.7 Å². The van der Waals surface area contributed by atoms with E-state index in [2.05, 4.69) is 5.32 Å². The minimum atomic E-state index is -3.07. The predicted octanol–water partition coefficient (Wildman–Crippen LogP) is 2.49. The van der Waals surface area contributed by atoms with E-state index in [0.29, 0.717) is 30.3 Å². The van der Waals surface area contributed by atoms with Crippen LogP contribution in [0, 0.1) is 0 Å². The molecule has 0 bridgehead atoms. The van der Waals surface area contributed by atoms with Gasteiger partial charge in [-0.2, -0.15) is 0 Å². The molecule has 0 spiro atoms. The van der Waals surface area contributed by atoms with Crippen LogP contribution in [0.4, 0.5) is 0 Å². The quantitative estimate of drug-likeness (QED) is 0.866.